The number of hydrogen-bond donors (Lipinski definition) is 1. The highest BCUT2D eigenvalue weighted by molar-refractivity contribution is 6.04. The topological polar surface area (TPSA) is 80.2 Å². The Hall–Kier alpha value is -2.41. The molecule has 0 radical (unpaired) electrons. The van der Waals surface area contributed by atoms with E-state index in [1.807, 2.05) is 31.2 Å². The van der Waals surface area contributed by atoms with Crippen LogP contribution in [0.5, 0.6) is 0 Å². The number of carbonyl (C=O) groups is 2. The number of benzene rings is 1. The summed E-state index contributed by atoms with van der Waals surface area (Å²) in [5.41, 5.74) is 2.90. The number of aryl methyl sites for hydroxylation is 1. The minimum atomic E-state index is -0.630. The minimum Gasteiger partial charge on any atom is -0.382 e. The summed E-state index contributed by atoms with van der Waals surface area (Å²) in [6.07, 6.45) is 0.0889. The number of amides is 2. The molecule has 2 amide bonds. The van der Waals surface area contributed by atoms with Crippen molar-refractivity contribution in [1.29, 1.82) is 0 Å². The summed E-state index contributed by atoms with van der Waals surface area (Å²) in [5.74, 6) is -0.201. The standard InChI is InChI=1S/C18H23N3O4/c1-13-2-4-14(5-3-13)15-12-16(25-20-15)18(23)19-7-6-17(22)21-8-10-24-11-9-21/h2-5,16H,6-12H2,1H3,(H,19,23)/t16-/m0/s1. The van der Waals surface area contributed by atoms with Crippen LogP contribution in [0.1, 0.15) is 24.0 Å². The molecule has 0 unspecified atom stereocenters. The zero-order chi connectivity index (χ0) is 17.6. The lowest BCUT2D eigenvalue weighted by molar-refractivity contribution is -0.135. The Kier molecular flexibility index (Phi) is 5.65. The summed E-state index contributed by atoms with van der Waals surface area (Å²) in [6, 6.07) is 7.95. The van der Waals surface area contributed by atoms with Crippen LogP contribution in [0, 0.1) is 6.92 Å². The molecular weight excluding hydrogens is 322 g/mol. The van der Waals surface area contributed by atoms with Gasteiger partial charge < -0.3 is 19.8 Å². The molecule has 0 aromatic heterocycles. The van der Waals surface area contributed by atoms with Crippen LogP contribution in [0.4, 0.5) is 0 Å². The normalized spacial score (nSPS) is 20.0. The van der Waals surface area contributed by atoms with E-state index in [0.717, 1.165) is 11.3 Å². The molecule has 0 spiro atoms. The highest BCUT2D eigenvalue weighted by atomic mass is 16.6. The van der Waals surface area contributed by atoms with Crippen LogP contribution in [0.3, 0.4) is 0 Å². The molecule has 1 N–H and O–H groups in total. The Labute approximate surface area is 147 Å². The van der Waals surface area contributed by atoms with E-state index in [1.54, 1.807) is 4.90 Å². The van der Waals surface area contributed by atoms with Crippen LogP contribution in [0.25, 0.3) is 0 Å². The largest absolute Gasteiger partial charge is 0.382 e. The van der Waals surface area contributed by atoms with E-state index in [2.05, 4.69) is 10.5 Å². The first-order valence-corrected chi connectivity index (χ1v) is 8.56. The summed E-state index contributed by atoms with van der Waals surface area (Å²) in [7, 11) is 0. The molecule has 2 heterocycles. The Morgan fingerprint density at radius 2 is 1.96 bits per heavy atom. The highest BCUT2D eigenvalue weighted by Crippen LogP contribution is 2.17. The summed E-state index contributed by atoms with van der Waals surface area (Å²) in [5, 5.41) is 6.78. The lowest BCUT2D eigenvalue weighted by atomic mass is 10.0. The predicted molar refractivity (Wildman–Crippen MR) is 92.2 cm³/mol. The highest BCUT2D eigenvalue weighted by Gasteiger charge is 2.28. The minimum absolute atomic E-state index is 0.0348. The second kappa shape index (κ2) is 8.11. The van der Waals surface area contributed by atoms with Crippen LogP contribution in [-0.2, 0) is 19.2 Å². The molecule has 1 atom stereocenters. The molecule has 25 heavy (non-hydrogen) atoms. The SMILES string of the molecule is Cc1ccc(C2=NO[C@H](C(=O)NCCC(=O)N3CCOCC3)C2)cc1. The zero-order valence-corrected chi connectivity index (χ0v) is 14.4. The fraction of sp³-hybridized carbons (Fsp3) is 0.500. The van der Waals surface area contributed by atoms with Gasteiger partial charge >= 0.3 is 0 Å². The van der Waals surface area contributed by atoms with E-state index in [9.17, 15) is 9.59 Å². The number of morpholine rings is 1. The Morgan fingerprint density at radius 3 is 2.68 bits per heavy atom. The molecule has 2 aliphatic rings. The number of carbonyl (C=O) groups excluding carboxylic acids is 2. The fourth-order valence-electron chi connectivity index (χ4n) is 2.81. The molecule has 1 aromatic carbocycles. The first-order chi connectivity index (χ1) is 12.1. The molecule has 134 valence electrons. The summed E-state index contributed by atoms with van der Waals surface area (Å²) >= 11 is 0. The van der Waals surface area contributed by atoms with Crippen molar-refractivity contribution >= 4 is 17.5 Å². The lowest BCUT2D eigenvalue weighted by Crippen LogP contribution is -2.42. The first-order valence-electron chi connectivity index (χ1n) is 8.56. The maximum Gasteiger partial charge on any atom is 0.264 e. The average molecular weight is 345 g/mol. The van der Waals surface area contributed by atoms with Gasteiger partial charge in [-0.25, -0.2) is 0 Å². The lowest BCUT2D eigenvalue weighted by Gasteiger charge is -2.26. The molecule has 3 rings (SSSR count). The fourth-order valence-corrected chi connectivity index (χ4v) is 2.81. The van der Waals surface area contributed by atoms with Crippen molar-refractivity contribution in [2.24, 2.45) is 5.16 Å². The maximum absolute atomic E-state index is 12.2. The first kappa shape index (κ1) is 17.4. The third-order valence-corrected chi connectivity index (χ3v) is 4.35. The van der Waals surface area contributed by atoms with Crippen LogP contribution in [0.15, 0.2) is 29.4 Å². The van der Waals surface area contributed by atoms with E-state index in [0.29, 0.717) is 39.3 Å². The molecule has 0 aliphatic carbocycles. The third kappa shape index (κ3) is 4.57. The zero-order valence-electron chi connectivity index (χ0n) is 14.4. The van der Waals surface area contributed by atoms with Crippen molar-refractivity contribution in [3.63, 3.8) is 0 Å². The smallest absolute Gasteiger partial charge is 0.264 e. The van der Waals surface area contributed by atoms with E-state index >= 15 is 0 Å². The predicted octanol–water partition coefficient (Wildman–Crippen LogP) is 0.853. The van der Waals surface area contributed by atoms with Gasteiger partial charge in [-0.3, -0.25) is 9.59 Å². The molecule has 7 nitrogen and oxygen atoms in total. The van der Waals surface area contributed by atoms with Crippen LogP contribution in [-0.4, -0.2) is 61.4 Å². The van der Waals surface area contributed by atoms with E-state index in [4.69, 9.17) is 9.57 Å². The second-order valence-corrected chi connectivity index (χ2v) is 6.24. The maximum atomic E-state index is 12.2. The van der Waals surface area contributed by atoms with E-state index < -0.39 is 6.10 Å². The van der Waals surface area contributed by atoms with Gasteiger partial charge in [0.1, 0.15) is 0 Å². The number of rotatable bonds is 5. The summed E-state index contributed by atoms with van der Waals surface area (Å²) in [4.78, 5) is 31.2. The number of ether oxygens (including phenoxy) is 1. The van der Waals surface area contributed by atoms with Crippen molar-refractivity contribution in [2.45, 2.75) is 25.9 Å². The van der Waals surface area contributed by atoms with Gasteiger partial charge in [-0.15, -0.1) is 0 Å². The van der Waals surface area contributed by atoms with Gasteiger partial charge in [-0.2, -0.15) is 0 Å². The molecular formula is C18H23N3O4. The molecule has 7 heteroatoms. The van der Waals surface area contributed by atoms with E-state index in [1.165, 1.54) is 5.56 Å². The van der Waals surface area contributed by atoms with Crippen LogP contribution < -0.4 is 5.32 Å². The quantitative estimate of drug-likeness (QED) is 0.858. The van der Waals surface area contributed by atoms with Crippen molar-refractivity contribution < 1.29 is 19.2 Å². The van der Waals surface area contributed by atoms with Gasteiger partial charge in [0.15, 0.2) is 0 Å². The second-order valence-electron chi connectivity index (χ2n) is 6.24. The third-order valence-electron chi connectivity index (χ3n) is 4.35. The molecule has 0 bridgehead atoms. The van der Waals surface area contributed by atoms with Gasteiger partial charge in [-0.1, -0.05) is 35.0 Å². The van der Waals surface area contributed by atoms with Gasteiger partial charge in [0.05, 0.1) is 18.9 Å². The number of nitrogens with one attached hydrogen (secondary N) is 1. The van der Waals surface area contributed by atoms with Crippen molar-refractivity contribution in [1.82, 2.24) is 10.2 Å². The number of oxime groups is 1. The van der Waals surface area contributed by atoms with E-state index in [-0.39, 0.29) is 18.2 Å². The van der Waals surface area contributed by atoms with Gasteiger partial charge in [0.25, 0.3) is 5.91 Å². The molecule has 1 aromatic rings. The molecule has 2 aliphatic heterocycles. The van der Waals surface area contributed by atoms with Crippen LogP contribution in [0.2, 0.25) is 0 Å². The Morgan fingerprint density at radius 1 is 1.24 bits per heavy atom. The van der Waals surface area contributed by atoms with Gasteiger partial charge in [0, 0.05) is 32.5 Å². The van der Waals surface area contributed by atoms with Gasteiger partial charge in [-0.05, 0) is 12.5 Å². The van der Waals surface area contributed by atoms with Crippen molar-refractivity contribution in [3.05, 3.63) is 35.4 Å². The summed E-state index contributed by atoms with van der Waals surface area (Å²) in [6.45, 7) is 4.71. The number of hydrogen-bond acceptors (Lipinski definition) is 5. The Balaban J connectivity index is 1.41. The van der Waals surface area contributed by atoms with Gasteiger partial charge in [0.2, 0.25) is 12.0 Å². The average Bonchev–Trinajstić information content (AvgIpc) is 3.13. The molecule has 1 saturated heterocycles. The summed E-state index contributed by atoms with van der Waals surface area (Å²) < 4.78 is 5.22. The Bertz CT molecular complexity index is 651. The number of nitrogens with zero attached hydrogens (tertiary/aromatic N) is 2. The molecule has 0 saturated carbocycles. The van der Waals surface area contributed by atoms with Crippen molar-refractivity contribution in [2.75, 3.05) is 32.8 Å². The van der Waals surface area contributed by atoms with Crippen molar-refractivity contribution in [3.8, 4) is 0 Å². The molecule has 1 fully saturated rings. The van der Waals surface area contributed by atoms with Crippen LogP contribution >= 0.6 is 0 Å². The monoisotopic (exact) mass is 345 g/mol.